The highest BCUT2D eigenvalue weighted by atomic mass is 16.1. The number of aromatic nitrogens is 1. The molecule has 0 bridgehead atoms. The highest BCUT2D eigenvalue weighted by Crippen LogP contribution is 2.17. The molecule has 0 spiro atoms. The highest BCUT2D eigenvalue weighted by molar-refractivity contribution is 5.76. The second-order valence-electron chi connectivity index (χ2n) is 4.97. The summed E-state index contributed by atoms with van der Waals surface area (Å²) in [5.74, 6) is 0.566. The van der Waals surface area contributed by atoms with Crippen molar-refractivity contribution in [3.63, 3.8) is 0 Å². The third-order valence-electron chi connectivity index (χ3n) is 3.12. The van der Waals surface area contributed by atoms with Crippen molar-refractivity contribution >= 4 is 11.7 Å². The first-order valence-electron chi connectivity index (χ1n) is 6.89. The van der Waals surface area contributed by atoms with Crippen LogP contribution in [0.25, 0.3) is 0 Å². The standard InChI is InChI=1S/C15H22N4O/c1-5-11(3)18-14(20)6-7-17-15-13(9-16)10(2)8-12(4)19-15/h8,11H,5-7H2,1-4H3,(H,17,19)(H,18,20). The number of carbonyl (C=O) groups excluding carboxylic acids is 1. The van der Waals surface area contributed by atoms with Gasteiger partial charge in [-0.25, -0.2) is 4.98 Å². The molecule has 108 valence electrons. The lowest BCUT2D eigenvalue weighted by Crippen LogP contribution is -2.33. The molecule has 1 unspecified atom stereocenters. The molecule has 1 aromatic heterocycles. The van der Waals surface area contributed by atoms with Gasteiger partial charge < -0.3 is 10.6 Å². The van der Waals surface area contributed by atoms with Crippen LogP contribution in [0.5, 0.6) is 0 Å². The number of anilines is 1. The summed E-state index contributed by atoms with van der Waals surface area (Å²) in [6, 6.07) is 4.21. The van der Waals surface area contributed by atoms with Crippen LogP contribution in [-0.4, -0.2) is 23.5 Å². The molecular weight excluding hydrogens is 252 g/mol. The zero-order valence-corrected chi connectivity index (χ0v) is 12.6. The first kappa shape index (κ1) is 16.0. The van der Waals surface area contributed by atoms with Gasteiger partial charge in [0.25, 0.3) is 0 Å². The fraction of sp³-hybridized carbons (Fsp3) is 0.533. The summed E-state index contributed by atoms with van der Waals surface area (Å²) in [4.78, 5) is 16.0. The van der Waals surface area contributed by atoms with Crippen molar-refractivity contribution in [1.29, 1.82) is 5.26 Å². The number of rotatable bonds is 6. The average Bonchev–Trinajstić information content (AvgIpc) is 2.38. The maximum Gasteiger partial charge on any atom is 0.221 e. The topological polar surface area (TPSA) is 77.8 Å². The van der Waals surface area contributed by atoms with E-state index in [1.807, 2.05) is 33.8 Å². The van der Waals surface area contributed by atoms with E-state index in [-0.39, 0.29) is 11.9 Å². The monoisotopic (exact) mass is 274 g/mol. The molecule has 1 heterocycles. The van der Waals surface area contributed by atoms with Crippen LogP contribution < -0.4 is 10.6 Å². The second-order valence-corrected chi connectivity index (χ2v) is 4.97. The number of hydrogen-bond acceptors (Lipinski definition) is 4. The van der Waals surface area contributed by atoms with E-state index >= 15 is 0 Å². The molecule has 20 heavy (non-hydrogen) atoms. The fourth-order valence-corrected chi connectivity index (χ4v) is 1.85. The number of aryl methyl sites for hydroxylation is 2. The minimum atomic E-state index is 0.00901. The Bertz CT molecular complexity index is 519. The number of amides is 1. The van der Waals surface area contributed by atoms with Crippen LogP contribution in [0.15, 0.2) is 6.07 Å². The van der Waals surface area contributed by atoms with Gasteiger partial charge in [0, 0.05) is 24.7 Å². The number of nitriles is 1. The fourth-order valence-electron chi connectivity index (χ4n) is 1.85. The molecule has 0 radical (unpaired) electrons. The van der Waals surface area contributed by atoms with Crippen LogP contribution in [-0.2, 0) is 4.79 Å². The Morgan fingerprint density at radius 1 is 1.50 bits per heavy atom. The lowest BCUT2D eigenvalue weighted by Gasteiger charge is -2.13. The molecule has 5 heteroatoms. The van der Waals surface area contributed by atoms with Gasteiger partial charge in [-0.05, 0) is 38.8 Å². The van der Waals surface area contributed by atoms with Gasteiger partial charge in [-0.2, -0.15) is 5.26 Å². The quantitative estimate of drug-likeness (QED) is 0.834. The van der Waals surface area contributed by atoms with E-state index < -0.39 is 0 Å². The molecule has 1 rings (SSSR count). The lowest BCUT2D eigenvalue weighted by atomic mass is 10.1. The molecule has 2 N–H and O–H groups in total. The molecule has 1 atom stereocenters. The average molecular weight is 274 g/mol. The molecule has 0 aromatic carbocycles. The van der Waals surface area contributed by atoms with Gasteiger partial charge in [-0.3, -0.25) is 4.79 Å². The van der Waals surface area contributed by atoms with E-state index in [0.717, 1.165) is 17.7 Å². The molecule has 1 aromatic rings. The minimum absolute atomic E-state index is 0.00901. The summed E-state index contributed by atoms with van der Waals surface area (Å²) in [5, 5.41) is 15.1. The molecule has 0 saturated heterocycles. The SMILES string of the molecule is CCC(C)NC(=O)CCNc1nc(C)cc(C)c1C#N. The zero-order chi connectivity index (χ0) is 15.1. The summed E-state index contributed by atoms with van der Waals surface area (Å²) in [7, 11) is 0. The Labute approximate surface area is 120 Å². The Morgan fingerprint density at radius 2 is 2.20 bits per heavy atom. The molecule has 0 saturated carbocycles. The van der Waals surface area contributed by atoms with Crippen molar-refractivity contribution in [2.75, 3.05) is 11.9 Å². The van der Waals surface area contributed by atoms with Gasteiger partial charge in [0.2, 0.25) is 5.91 Å². The smallest absolute Gasteiger partial charge is 0.221 e. The summed E-state index contributed by atoms with van der Waals surface area (Å²) < 4.78 is 0. The maximum atomic E-state index is 11.7. The Balaban J connectivity index is 2.59. The van der Waals surface area contributed by atoms with Gasteiger partial charge in [-0.15, -0.1) is 0 Å². The van der Waals surface area contributed by atoms with Gasteiger partial charge >= 0.3 is 0 Å². The van der Waals surface area contributed by atoms with E-state index in [1.54, 1.807) is 0 Å². The minimum Gasteiger partial charge on any atom is -0.368 e. The Hall–Kier alpha value is -2.09. The number of pyridine rings is 1. The number of nitrogens with zero attached hydrogens (tertiary/aromatic N) is 2. The third-order valence-corrected chi connectivity index (χ3v) is 3.12. The van der Waals surface area contributed by atoms with Gasteiger partial charge in [0.1, 0.15) is 11.9 Å². The molecule has 0 fully saturated rings. The van der Waals surface area contributed by atoms with Crippen LogP contribution in [0.4, 0.5) is 5.82 Å². The molecule has 0 aliphatic heterocycles. The van der Waals surface area contributed by atoms with Crippen molar-refractivity contribution in [3.8, 4) is 6.07 Å². The Morgan fingerprint density at radius 3 is 2.80 bits per heavy atom. The first-order valence-corrected chi connectivity index (χ1v) is 6.89. The zero-order valence-electron chi connectivity index (χ0n) is 12.6. The number of hydrogen-bond donors (Lipinski definition) is 2. The van der Waals surface area contributed by atoms with Crippen LogP contribution in [0, 0.1) is 25.2 Å². The van der Waals surface area contributed by atoms with Crippen LogP contribution in [0.1, 0.15) is 43.5 Å². The Kier molecular flexibility index (Phi) is 5.98. The highest BCUT2D eigenvalue weighted by Gasteiger charge is 2.09. The number of nitrogens with one attached hydrogen (secondary N) is 2. The van der Waals surface area contributed by atoms with Crippen LogP contribution in [0.3, 0.4) is 0 Å². The maximum absolute atomic E-state index is 11.7. The molecule has 0 aliphatic rings. The molecule has 1 amide bonds. The normalized spacial score (nSPS) is 11.6. The van der Waals surface area contributed by atoms with Crippen molar-refractivity contribution in [2.45, 2.75) is 46.6 Å². The molecular formula is C15H22N4O. The first-order chi connectivity index (χ1) is 9.47. The van der Waals surface area contributed by atoms with E-state index in [4.69, 9.17) is 5.26 Å². The predicted molar refractivity (Wildman–Crippen MR) is 79.4 cm³/mol. The summed E-state index contributed by atoms with van der Waals surface area (Å²) in [6.45, 7) is 8.24. The second kappa shape index (κ2) is 7.49. The number of carbonyl (C=O) groups is 1. The van der Waals surface area contributed by atoms with E-state index in [9.17, 15) is 4.79 Å². The van der Waals surface area contributed by atoms with Crippen molar-refractivity contribution in [1.82, 2.24) is 10.3 Å². The van der Waals surface area contributed by atoms with Crippen LogP contribution >= 0.6 is 0 Å². The summed E-state index contributed by atoms with van der Waals surface area (Å²) >= 11 is 0. The predicted octanol–water partition coefficient (Wildman–Crippen LogP) is 2.29. The van der Waals surface area contributed by atoms with E-state index in [2.05, 4.69) is 21.7 Å². The largest absolute Gasteiger partial charge is 0.368 e. The van der Waals surface area contributed by atoms with Gasteiger partial charge in [0.15, 0.2) is 0 Å². The summed E-state index contributed by atoms with van der Waals surface area (Å²) in [5.41, 5.74) is 2.29. The van der Waals surface area contributed by atoms with Gasteiger partial charge in [-0.1, -0.05) is 6.92 Å². The van der Waals surface area contributed by atoms with Crippen molar-refractivity contribution in [2.24, 2.45) is 0 Å². The molecule has 0 aliphatic carbocycles. The van der Waals surface area contributed by atoms with Crippen molar-refractivity contribution in [3.05, 3.63) is 22.9 Å². The van der Waals surface area contributed by atoms with E-state index in [0.29, 0.717) is 24.3 Å². The third kappa shape index (κ3) is 4.54. The van der Waals surface area contributed by atoms with Gasteiger partial charge in [0.05, 0.1) is 5.56 Å². The summed E-state index contributed by atoms with van der Waals surface area (Å²) in [6.07, 6.45) is 1.28. The molecule has 5 nitrogen and oxygen atoms in total. The lowest BCUT2D eigenvalue weighted by molar-refractivity contribution is -0.121. The van der Waals surface area contributed by atoms with E-state index in [1.165, 1.54) is 0 Å². The van der Waals surface area contributed by atoms with Crippen LogP contribution in [0.2, 0.25) is 0 Å². The van der Waals surface area contributed by atoms with Crippen molar-refractivity contribution < 1.29 is 4.79 Å².